The second kappa shape index (κ2) is 5.80. The van der Waals surface area contributed by atoms with Crippen molar-refractivity contribution in [1.29, 1.82) is 0 Å². The molecule has 0 atom stereocenters. The molecule has 0 saturated carbocycles. The number of halogens is 1. The number of aromatic amines is 1. The van der Waals surface area contributed by atoms with Crippen molar-refractivity contribution in [3.8, 4) is 0 Å². The van der Waals surface area contributed by atoms with Crippen molar-refractivity contribution in [1.82, 2.24) is 24.2 Å². The number of H-pyrrole nitrogens is 1. The van der Waals surface area contributed by atoms with Gasteiger partial charge in [-0.15, -0.1) is 11.3 Å². The van der Waals surface area contributed by atoms with E-state index in [2.05, 4.69) is 19.7 Å². The van der Waals surface area contributed by atoms with Crippen LogP contribution in [0.4, 0.5) is 0 Å². The fourth-order valence-corrected chi connectivity index (χ4v) is 4.47. The quantitative estimate of drug-likeness (QED) is 0.700. The molecule has 22 heavy (non-hydrogen) atoms. The number of nitrogens with one attached hydrogen (secondary N) is 2. The number of rotatable bonds is 5. The van der Waals surface area contributed by atoms with Crippen molar-refractivity contribution in [3.63, 3.8) is 0 Å². The number of hydrogen-bond donors (Lipinski definition) is 2. The molecule has 3 rings (SSSR count). The first-order chi connectivity index (χ1) is 10.5. The van der Waals surface area contributed by atoms with Crippen LogP contribution >= 0.6 is 22.9 Å². The van der Waals surface area contributed by atoms with E-state index in [1.807, 2.05) is 0 Å². The van der Waals surface area contributed by atoms with Gasteiger partial charge in [0.25, 0.3) is 0 Å². The highest BCUT2D eigenvalue weighted by Crippen LogP contribution is 2.25. The Balaban J connectivity index is 1.75. The number of thiophene rings is 1. The van der Waals surface area contributed by atoms with Gasteiger partial charge < -0.3 is 4.98 Å². The van der Waals surface area contributed by atoms with Gasteiger partial charge in [0.05, 0.1) is 10.5 Å². The predicted molar refractivity (Wildman–Crippen MR) is 82.7 cm³/mol. The van der Waals surface area contributed by atoms with Gasteiger partial charge in [-0.25, -0.2) is 27.9 Å². The standard InChI is InChI=1S/C11H10ClN5O3S2/c12-8-1-2-9(21-8)22(19,20)15-3-4-17-10-7(16-11(17)18)5-13-6-14-10/h1-2,5-6,15H,3-4H2,(H,16,18). The molecule has 0 bridgehead atoms. The minimum absolute atomic E-state index is 0.0503. The fraction of sp³-hybridized carbons (Fsp3) is 0.182. The van der Waals surface area contributed by atoms with Crippen molar-refractivity contribution in [2.45, 2.75) is 10.8 Å². The summed E-state index contributed by atoms with van der Waals surface area (Å²) in [5.41, 5.74) is 0.563. The normalized spacial score (nSPS) is 12.0. The molecule has 3 aromatic rings. The van der Waals surface area contributed by atoms with Gasteiger partial charge >= 0.3 is 5.69 Å². The van der Waals surface area contributed by atoms with Crippen LogP contribution in [0.15, 0.2) is 33.7 Å². The molecule has 116 valence electrons. The van der Waals surface area contributed by atoms with Crippen molar-refractivity contribution < 1.29 is 8.42 Å². The smallest absolute Gasteiger partial charge is 0.303 e. The summed E-state index contributed by atoms with van der Waals surface area (Å²) in [5, 5.41) is 0. The molecule has 0 saturated heterocycles. The third-order valence-corrected chi connectivity index (χ3v) is 6.06. The monoisotopic (exact) mass is 359 g/mol. The summed E-state index contributed by atoms with van der Waals surface area (Å²) in [6.45, 7) is 0.197. The van der Waals surface area contributed by atoms with Gasteiger partial charge in [-0.1, -0.05) is 11.6 Å². The van der Waals surface area contributed by atoms with E-state index < -0.39 is 10.0 Å². The van der Waals surface area contributed by atoms with Crippen LogP contribution in [0, 0.1) is 0 Å². The van der Waals surface area contributed by atoms with Crippen LogP contribution in [0.25, 0.3) is 11.2 Å². The highest BCUT2D eigenvalue weighted by molar-refractivity contribution is 7.91. The average molecular weight is 360 g/mol. The summed E-state index contributed by atoms with van der Waals surface area (Å²) < 4.78 is 28.4. The topological polar surface area (TPSA) is 110 Å². The molecule has 0 aromatic carbocycles. The molecular formula is C11H10ClN5O3S2. The van der Waals surface area contributed by atoms with Crippen LogP contribution in [0.5, 0.6) is 0 Å². The maximum absolute atomic E-state index is 12.0. The molecule has 0 fully saturated rings. The van der Waals surface area contributed by atoms with Crippen molar-refractivity contribution >= 4 is 44.1 Å². The Labute approximate surface area is 133 Å². The molecule has 0 aliphatic heterocycles. The minimum atomic E-state index is -3.63. The molecule has 2 N–H and O–H groups in total. The summed E-state index contributed by atoms with van der Waals surface area (Å²) in [5.74, 6) is 0. The lowest BCUT2D eigenvalue weighted by atomic mass is 10.5. The molecule has 0 unspecified atom stereocenters. The lowest BCUT2D eigenvalue weighted by Crippen LogP contribution is -2.29. The Kier molecular flexibility index (Phi) is 4.00. The van der Waals surface area contributed by atoms with Crippen LogP contribution in [0.1, 0.15) is 0 Å². The molecule has 8 nitrogen and oxygen atoms in total. The number of sulfonamides is 1. The molecule has 3 heterocycles. The van der Waals surface area contributed by atoms with E-state index in [-0.39, 0.29) is 23.0 Å². The van der Waals surface area contributed by atoms with Gasteiger partial charge in [0.1, 0.15) is 16.1 Å². The zero-order valence-corrected chi connectivity index (χ0v) is 13.4. The van der Waals surface area contributed by atoms with Crippen molar-refractivity contribution in [2.75, 3.05) is 6.54 Å². The van der Waals surface area contributed by atoms with E-state index in [4.69, 9.17) is 11.6 Å². The Morgan fingerprint density at radius 3 is 2.95 bits per heavy atom. The van der Waals surface area contributed by atoms with Crippen molar-refractivity contribution in [2.24, 2.45) is 0 Å². The number of fused-ring (bicyclic) bond motifs is 1. The minimum Gasteiger partial charge on any atom is -0.303 e. The van der Waals surface area contributed by atoms with E-state index in [1.54, 1.807) is 0 Å². The largest absolute Gasteiger partial charge is 0.327 e. The van der Waals surface area contributed by atoms with Gasteiger partial charge in [-0.05, 0) is 12.1 Å². The first-order valence-corrected chi connectivity index (χ1v) is 8.79. The maximum atomic E-state index is 12.0. The zero-order chi connectivity index (χ0) is 15.7. The highest BCUT2D eigenvalue weighted by atomic mass is 35.5. The van der Waals surface area contributed by atoms with Crippen LogP contribution in [-0.2, 0) is 16.6 Å². The average Bonchev–Trinajstić information content (AvgIpc) is 3.04. The highest BCUT2D eigenvalue weighted by Gasteiger charge is 2.16. The van der Waals surface area contributed by atoms with Crippen LogP contribution in [0.2, 0.25) is 4.34 Å². The fourth-order valence-electron chi connectivity index (χ4n) is 1.92. The number of aromatic nitrogens is 4. The van der Waals surface area contributed by atoms with E-state index in [0.29, 0.717) is 15.5 Å². The first kappa shape index (κ1) is 15.2. The molecule has 0 aliphatic carbocycles. The lowest BCUT2D eigenvalue weighted by Gasteiger charge is -2.05. The van der Waals surface area contributed by atoms with E-state index in [1.165, 1.54) is 29.2 Å². The molecule has 0 spiro atoms. The van der Waals surface area contributed by atoms with E-state index >= 15 is 0 Å². The van der Waals surface area contributed by atoms with Gasteiger partial charge in [0, 0.05) is 13.1 Å². The molecule has 0 aliphatic rings. The van der Waals surface area contributed by atoms with E-state index in [9.17, 15) is 13.2 Å². The summed E-state index contributed by atoms with van der Waals surface area (Å²) >= 11 is 6.70. The second-order valence-electron chi connectivity index (χ2n) is 4.30. The van der Waals surface area contributed by atoms with Crippen LogP contribution in [0.3, 0.4) is 0 Å². The Bertz CT molecular complexity index is 975. The Hall–Kier alpha value is -1.75. The Morgan fingerprint density at radius 2 is 2.23 bits per heavy atom. The van der Waals surface area contributed by atoms with Gasteiger partial charge in [-0.3, -0.25) is 4.57 Å². The first-order valence-electron chi connectivity index (χ1n) is 6.11. The maximum Gasteiger partial charge on any atom is 0.327 e. The second-order valence-corrected chi connectivity index (χ2v) is 8.01. The number of imidazole rings is 1. The molecule has 3 aromatic heterocycles. The summed E-state index contributed by atoms with van der Waals surface area (Å²) in [6, 6.07) is 2.95. The molecule has 0 radical (unpaired) electrons. The third kappa shape index (κ3) is 2.90. The summed E-state index contributed by atoms with van der Waals surface area (Å²) in [4.78, 5) is 22.2. The molecule has 0 amide bonds. The van der Waals surface area contributed by atoms with E-state index in [0.717, 1.165) is 11.3 Å². The van der Waals surface area contributed by atoms with Gasteiger partial charge in [0.15, 0.2) is 5.65 Å². The van der Waals surface area contributed by atoms with Crippen LogP contribution in [-0.4, -0.2) is 34.5 Å². The van der Waals surface area contributed by atoms with Crippen molar-refractivity contribution in [3.05, 3.63) is 39.5 Å². The zero-order valence-electron chi connectivity index (χ0n) is 11.0. The lowest BCUT2D eigenvalue weighted by molar-refractivity contribution is 0.574. The third-order valence-electron chi connectivity index (χ3n) is 2.87. The number of hydrogen-bond acceptors (Lipinski definition) is 6. The SMILES string of the molecule is O=c1[nH]c2cncnc2n1CCNS(=O)(=O)c1ccc(Cl)s1. The number of nitrogens with zero attached hydrogens (tertiary/aromatic N) is 3. The van der Waals surface area contributed by atoms with Crippen LogP contribution < -0.4 is 10.4 Å². The molecular weight excluding hydrogens is 350 g/mol. The predicted octanol–water partition coefficient (Wildman–Crippen LogP) is 0.813. The Morgan fingerprint density at radius 1 is 1.41 bits per heavy atom. The molecule has 11 heteroatoms. The van der Waals surface area contributed by atoms with Gasteiger partial charge in [-0.2, -0.15) is 0 Å². The van der Waals surface area contributed by atoms with Gasteiger partial charge in [0.2, 0.25) is 10.0 Å². The summed E-state index contributed by atoms with van der Waals surface area (Å²) in [6.07, 6.45) is 2.81. The summed E-state index contributed by atoms with van der Waals surface area (Å²) in [7, 11) is -3.63.